The molecule has 0 aliphatic carbocycles. The number of nitrogens with zero attached hydrogens (tertiary/aromatic N) is 2. The summed E-state index contributed by atoms with van der Waals surface area (Å²) in [4.78, 5) is 3.91. The molecule has 2 rings (SSSR count). The lowest BCUT2D eigenvalue weighted by Gasteiger charge is -2.06. The standard InChI is InChI=1S/C13H10FN3/c14-12-5-11(8-15)6-13(7-12)17-9-10-1-3-16-4-2-10/h1-7,17H,9H2. The zero-order chi connectivity index (χ0) is 12.1. The van der Waals surface area contributed by atoms with Gasteiger partial charge in [0.05, 0.1) is 11.6 Å². The van der Waals surface area contributed by atoms with E-state index in [2.05, 4.69) is 10.3 Å². The van der Waals surface area contributed by atoms with E-state index in [0.29, 0.717) is 17.8 Å². The Balaban J connectivity index is 2.10. The predicted molar refractivity (Wildman–Crippen MR) is 62.7 cm³/mol. The molecule has 3 nitrogen and oxygen atoms in total. The zero-order valence-corrected chi connectivity index (χ0v) is 9.02. The molecule has 0 spiro atoms. The van der Waals surface area contributed by atoms with Gasteiger partial charge < -0.3 is 5.32 Å². The van der Waals surface area contributed by atoms with E-state index in [0.717, 1.165) is 5.56 Å². The van der Waals surface area contributed by atoms with Crippen molar-refractivity contribution < 1.29 is 4.39 Å². The van der Waals surface area contributed by atoms with Gasteiger partial charge in [-0.05, 0) is 35.9 Å². The van der Waals surface area contributed by atoms with E-state index in [4.69, 9.17) is 5.26 Å². The van der Waals surface area contributed by atoms with Gasteiger partial charge in [-0.1, -0.05) is 0 Å². The van der Waals surface area contributed by atoms with Crippen molar-refractivity contribution in [3.8, 4) is 6.07 Å². The van der Waals surface area contributed by atoms with Crippen molar-refractivity contribution in [2.24, 2.45) is 0 Å². The molecule has 1 N–H and O–H groups in total. The molecule has 0 bridgehead atoms. The van der Waals surface area contributed by atoms with Crippen LogP contribution < -0.4 is 5.32 Å². The first kappa shape index (κ1) is 11.1. The highest BCUT2D eigenvalue weighted by Gasteiger charge is 2.00. The van der Waals surface area contributed by atoms with E-state index in [9.17, 15) is 4.39 Å². The van der Waals surface area contributed by atoms with Crippen LogP contribution in [0, 0.1) is 17.1 Å². The van der Waals surface area contributed by atoms with E-state index in [1.54, 1.807) is 18.5 Å². The van der Waals surface area contributed by atoms with Crippen LogP contribution in [0.15, 0.2) is 42.7 Å². The Hall–Kier alpha value is -2.41. The first-order valence-corrected chi connectivity index (χ1v) is 5.11. The van der Waals surface area contributed by atoms with Crippen molar-refractivity contribution in [1.29, 1.82) is 5.26 Å². The van der Waals surface area contributed by atoms with Gasteiger partial charge in [0.2, 0.25) is 0 Å². The molecule has 0 atom stereocenters. The topological polar surface area (TPSA) is 48.7 Å². The maximum Gasteiger partial charge on any atom is 0.126 e. The fourth-order valence-corrected chi connectivity index (χ4v) is 1.46. The quantitative estimate of drug-likeness (QED) is 0.877. The van der Waals surface area contributed by atoms with Crippen LogP contribution in [0.3, 0.4) is 0 Å². The molecule has 0 saturated heterocycles. The lowest BCUT2D eigenvalue weighted by molar-refractivity contribution is 0.627. The van der Waals surface area contributed by atoms with Crippen LogP contribution in [0.1, 0.15) is 11.1 Å². The van der Waals surface area contributed by atoms with Gasteiger partial charge in [-0.25, -0.2) is 4.39 Å². The summed E-state index contributed by atoms with van der Waals surface area (Å²) < 4.78 is 13.1. The summed E-state index contributed by atoms with van der Waals surface area (Å²) in [6.45, 7) is 0.566. The summed E-state index contributed by atoms with van der Waals surface area (Å²) in [5, 5.41) is 11.8. The lowest BCUT2D eigenvalue weighted by atomic mass is 10.2. The molecule has 0 unspecified atom stereocenters. The minimum absolute atomic E-state index is 0.308. The van der Waals surface area contributed by atoms with Gasteiger partial charge >= 0.3 is 0 Å². The Bertz CT molecular complexity index is 546. The molecule has 0 radical (unpaired) electrons. The molecule has 1 aromatic carbocycles. The van der Waals surface area contributed by atoms with Gasteiger partial charge in [0.1, 0.15) is 5.82 Å². The average molecular weight is 227 g/mol. The minimum Gasteiger partial charge on any atom is -0.381 e. The number of aromatic nitrogens is 1. The Kier molecular flexibility index (Phi) is 3.31. The number of benzene rings is 1. The molecular weight excluding hydrogens is 217 g/mol. The van der Waals surface area contributed by atoms with Crippen LogP contribution >= 0.6 is 0 Å². The van der Waals surface area contributed by atoms with Gasteiger partial charge in [-0.3, -0.25) is 4.98 Å². The molecule has 1 aromatic heterocycles. The number of pyridine rings is 1. The maximum atomic E-state index is 13.1. The van der Waals surface area contributed by atoms with Crippen LogP contribution in [0.25, 0.3) is 0 Å². The summed E-state index contributed by atoms with van der Waals surface area (Å²) in [7, 11) is 0. The normalized spacial score (nSPS) is 9.65. The van der Waals surface area contributed by atoms with Crippen LogP contribution in [0.5, 0.6) is 0 Å². The van der Waals surface area contributed by atoms with E-state index in [-0.39, 0.29) is 0 Å². The first-order chi connectivity index (χ1) is 8.28. The third-order valence-corrected chi connectivity index (χ3v) is 2.27. The lowest BCUT2D eigenvalue weighted by Crippen LogP contribution is -2.00. The van der Waals surface area contributed by atoms with Crippen LogP contribution in [-0.2, 0) is 6.54 Å². The van der Waals surface area contributed by atoms with Gasteiger partial charge in [-0.2, -0.15) is 5.26 Å². The second kappa shape index (κ2) is 5.08. The smallest absolute Gasteiger partial charge is 0.126 e. The van der Waals surface area contributed by atoms with Crippen LogP contribution in [0.4, 0.5) is 10.1 Å². The molecule has 4 heteroatoms. The summed E-state index contributed by atoms with van der Waals surface area (Å²) in [6, 6.07) is 9.85. The second-order valence-corrected chi connectivity index (χ2v) is 3.55. The Morgan fingerprint density at radius 1 is 1.24 bits per heavy atom. The third-order valence-electron chi connectivity index (χ3n) is 2.27. The zero-order valence-electron chi connectivity index (χ0n) is 9.02. The Morgan fingerprint density at radius 3 is 2.71 bits per heavy atom. The van der Waals surface area contributed by atoms with Crippen LogP contribution in [0.2, 0.25) is 0 Å². The monoisotopic (exact) mass is 227 g/mol. The molecule has 0 fully saturated rings. The highest BCUT2D eigenvalue weighted by Crippen LogP contribution is 2.14. The summed E-state index contributed by atoms with van der Waals surface area (Å²) in [5.41, 5.74) is 1.95. The fourth-order valence-electron chi connectivity index (χ4n) is 1.46. The third kappa shape index (κ3) is 3.02. The molecule has 0 aliphatic heterocycles. The Labute approximate surface area is 98.5 Å². The summed E-state index contributed by atoms with van der Waals surface area (Å²) in [5.74, 6) is -0.415. The summed E-state index contributed by atoms with van der Waals surface area (Å²) >= 11 is 0. The molecule has 0 amide bonds. The van der Waals surface area contributed by atoms with Crippen molar-refractivity contribution in [3.63, 3.8) is 0 Å². The minimum atomic E-state index is -0.415. The SMILES string of the molecule is N#Cc1cc(F)cc(NCc2ccncc2)c1. The molecule has 2 aromatic rings. The maximum absolute atomic E-state index is 13.1. The predicted octanol–water partition coefficient (Wildman–Crippen LogP) is 2.70. The number of halogens is 1. The molecular formula is C13H10FN3. The average Bonchev–Trinajstić information content (AvgIpc) is 2.37. The highest BCUT2D eigenvalue weighted by molar-refractivity contribution is 5.49. The van der Waals surface area contributed by atoms with Crippen molar-refractivity contribution in [3.05, 3.63) is 59.7 Å². The molecule has 1 heterocycles. The second-order valence-electron chi connectivity index (χ2n) is 3.55. The number of hydrogen-bond donors (Lipinski definition) is 1. The van der Waals surface area contributed by atoms with E-state index >= 15 is 0 Å². The Morgan fingerprint density at radius 2 is 2.00 bits per heavy atom. The van der Waals surface area contributed by atoms with Crippen molar-refractivity contribution in [2.45, 2.75) is 6.54 Å². The number of nitriles is 1. The van der Waals surface area contributed by atoms with Gasteiger partial charge in [0.25, 0.3) is 0 Å². The number of rotatable bonds is 3. The molecule has 0 saturated carbocycles. The molecule has 84 valence electrons. The number of hydrogen-bond acceptors (Lipinski definition) is 3. The number of nitrogens with one attached hydrogen (secondary N) is 1. The largest absolute Gasteiger partial charge is 0.381 e. The van der Waals surface area contributed by atoms with Crippen molar-refractivity contribution >= 4 is 5.69 Å². The van der Waals surface area contributed by atoms with Crippen LogP contribution in [-0.4, -0.2) is 4.98 Å². The van der Waals surface area contributed by atoms with E-state index in [1.807, 2.05) is 18.2 Å². The van der Waals surface area contributed by atoms with Gasteiger partial charge in [-0.15, -0.1) is 0 Å². The van der Waals surface area contributed by atoms with Gasteiger partial charge in [0.15, 0.2) is 0 Å². The van der Waals surface area contributed by atoms with Gasteiger partial charge in [0, 0.05) is 24.6 Å². The molecule has 0 aliphatic rings. The first-order valence-electron chi connectivity index (χ1n) is 5.11. The number of anilines is 1. The van der Waals surface area contributed by atoms with E-state index in [1.165, 1.54) is 12.1 Å². The van der Waals surface area contributed by atoms with Crippen molar-refractivity contribution in [2.75, 3.05) is 5.32 Å². The summed E-state index contributed by atoms with van der Waals surface area (Å²) in [6.07, 6.45) is 3.40. The highest BCUT2D eigenvalue weighted by atomic mass is 19.1. The van der Waals surface area contributed by atoms with E-state index < -0.39 is 5.82 Å². The molecule has 17 heavy (non-hydrogen) atoms. The van der Waals surface area contributed by atoms with Crippen molar-refractivity contribution in [1.82, 2.24) is 4.98 Å². The fraction of sp³-hybridized carbons (Fsp3) is 0.0769.